The largest absolute Gasteiger partial charge is 0.324 e. The summed E-state index contributed by atoms with van der Waals surface area (Å²) in [6, 6.07) is 6.76. The summed E-state index contributed by atoms with van der Waals surface area (Å²) in [5, 5.41) is 6.12. The third kappa shape index (κ3) is 5.35. The summed E-state index contributed by atoms with van der Waals surface area (Å²) in [7, 11) is 0. The lowest BCUT2D eigenvalue weighted by Crippen LogP contribution is -2.29. The fourth-order valence-corrected chi connectivity index (χ4v) is 3.44. The molecule has 1 saturated heterocycles. The van der Waals surface area contributed by atoms with Crippen LogP contribution in [0.15, 0.2) is 30.3 Å². The van der Waals surface area contributed by atoms with Crippen LogP contribution in [0, 0.1) is 0 Å². The summed E-state index contributed by atoms with van der Waals surface area (Å²) >= 11 is 0. The Kier molecular flexibility index (Phi) is 6.89. The van der Waals surface area contributed by atoms with E-state index in [1.807, 2.05) is 12.1 Å². The molecule has 0 saturated carbocycles. The summed E-state index contributed by atoms with van der Waals surface area (Å²) in [5.74, 6) is -0.611. The van der Waals surface area contributed by atoms with Gasteiger partial charge < -0.3 is 5.32 Å². The normalized spacial score (nSPS) is 16.4. The SMILES string of the molecule is CC(C(=O)Nc1ccc(CN2CCCCC2)cc1)n1nc(C(F)F)cc1C(F)F. The van der Waals surface area contributed by atoms with E-state index in [0.717, 1.165) is 25.2 Å². The van der Waals surface area contributed by atoms with Crippen LogP contribution >= 0.6 is 0 Å². The third-order valence-corrected chi connectivity index (χ3v) is 5.05. The van der Waals surface area contributed by atoms with E-state index in [1.54, 1.807) is 12.1 Å². The first-order valence-corrected chi connectivity index (χ1v) is 9.63. The van der Waals surface area contributed by atoms with Gasteiger partial charge in [-0.05, 0) is 56.6 Å². The van der Waals surface area contributed by atoms with E-state index in [0.29, 0.717) is 16.4 Å². The Bertz CT molecular complexity index is 816. The smallest absolute Gasteiger partial charge is 0.282 e. The van der Waals surface area contributed by atoms with E-state index >= 15 is 0 Å². The maximum atomic E-state index is 13.2. The van der Waals surface area contributed by atoms with Gasteiger partial charge in [-0.3, -0.25) is 14.4 Å². The number of hydrogen-bond donors (Lipinski definition) is 1. The minimum absolute atomic E-state index is 0.504. The molecule has 2 heterocycles. The molecule has 1 fully saturated rings. The predicted octanol–water partition coefficient (Wildman–Crippen LogP) is 4.94. The molecule has 9 heteroatoms. The monoisotopic (exact) mass is 412 g/mol. The Labute approximate surface area is 166 Å². The van der Waals surface area contributed by atoms with Gasteiger partial charge in [0.2, 0.25) is 5.91 Å². The summed E-state index contributed by atoms with van der Waals surface area (Å²) in [6.07, 6.45) is -2.33. The summed E-state index contributed by atoms with van der Waals surface area (Å²) in [5.41, 5.74) is 0.137. The van der Waals surface area contributed by atoms with Crippen molar-refractivity contribution in [3.05, 3.63) is 47.3 Å². The highest BCUT2D eigenvalue weighted by atomic mass is 19.3. The van der Waals surface area contributed by atoms with Gasteiger partial charge >= 0.3 is 0 Å². The van der Waals surface area contributed by atoms with Crippen molar-refractivity contribution in [2.45, 2.75) is 51.6 Å². The summed E-state index contributed by atoms with van der Waals surface area (Å²) in [4.78, 5) is 14.8. The van der Waals surface area contributed by atoms with Gasteiger partial charge in [-0.15, -0.1) is 0 Å². The Morgan fingerprint density at radius 2 is 1.72 bits per heavy atom. The number of amides is 1. The molecule has 0 aliphatic carbocycles. The molecular formula is C20H24F4N4O. The number of carbonyl (C=O) groups is 1. The number of carbonyl (C=O) groups excluding carboxylic acids is 1. The number of nitrogens with zero attached hydrogens (tertiary/aromatic N) is 3. The average molecular weight is 412 g/mol. The fraction of sp³-hybridized carbons (Fsp3) is 0.500. The third-order valence-electron chi connectivity index (χ3n) is 5.05. The number of nitrogens with one attached hydrogen (secondary N) is 1. The average Bonchev–Trinajstić information content (AvgIpc) is 3.16. The van der Waals surface area contributed by atoms with E-state index in [4.69, 9.17) is 0 Å². The van der Waals surface area contributed by atoms with E-state index in [2.05, 4.69) is 15.3 Å². The van der Waals surface area contributed by atoms with Gasteiger partial charge in [-0.25, -0.2) is 17.6 Å². The summed E-state index contributed by atoms with van der Waals surface area (Å²) < 4.78 is 52.6. The van der Waals surface area contributed by atoms with Crippen LogP contribution in [0.25, 0.3) is 0 Å². The molecule has 1 N–H and O–H groups in total. The molecule has 1 aromatic carbocycles. The molecule has 29 heavy (non-hydrogen) atoms. The van der Waals surface area contributed by atoms with Crippen molar-refractivity contribution in [1.29, 1.82) is 0 Å². The van der Waals surface area contributed by atoms with Crippen LogP contribution in [0.3, 0.4) is 0 Å². The Morgan fingerprint density at radius 3 is 2.31 bits per heavy atom. The van der Waals surface area contributed by atoms with Crippen LogP contribution in [0.1, 0.15) is 62.0 Å². The molecule has 1 unspecified atom stereocenters. The zero-order valence-electron chi connectivity index (χ0n) is 16.1. The van der Waals surface area contributed by atoms with Gasteiger partial charge in [-0.2, -0.15) is 5.10 Å². The molecule has 1 amide bonds. The van der Waals surface area contributed by atoms with Crippen LogP contribution in [0.2, 0.25) is 0 Å². The first-order chi connectivity index (χ1) is 13.8. The zero-order chi connectivity index (χ0) is 21.0. The number of rotatable bonds is 7. The topological polar surface area (TPSA) is 50.2 Å². The molecule has 1 aliphatic rings. The highest BCUT2D eigenvalue weighted by Gasteiger charge is 2.27. The van der Waals surface area contributed by atoms with Crippen LogP contribution in [0.5, 0.6) is 0 Å². The van der Waals surface area contributed by atoms with E-state index < -0.39 is 36.2 Å². The van der Waals surface area contributed by atoms with Crippen molar-refractivity contribution < 1.29 is 22.4 Å². The second-order valence-corrected chi connectivity index (χ2v) is 7.24. The maximum absolute atomic E-state index is 13.2. The molecule has 3 rings (SSSR count). The van der Waals surface area contributed by atoms with Crippen molar-refractivity contribution >= 4 is 11.6 Å². The van der Waals surface area contributed by atoms with E-state index in [1.165, 1.54) is 26.2 Å². The molecule has 1 atom stereocenters. The van der Waals surface area contributed by atoms with Gasteiger partial charge in [0.25, 0.3) is 12.9 Å². The van der Waals surface area contributed by atoms with Crippen molar-refractivity contribution in [2.24, 2.45) is 0 Å². The predicted molar refractivity (Wildman–Crippen MR) is 101 cm³/mol. The Morgan fingerprint density at radius 1 is 1.07 bits per heavy atom. The molecular weight excluding hydrogens is 388 g/mol. The molecule has 158 valence electrons. The summed E-state index contributed by atoms with van der Waals surface area (Å²) in [6.45, 7) is 4.33. The quantitative estimate of drug-likeness (QED) is 0.655. The fourth-order valence-electron chi connectivity index (χ4n) is 3.44. The van der Waals surface area contributed by atoms with Gasteiger partial charge in [-0.1, -0.05) is 18.6 Å². The molecule has 0 bridgehead atoms. The van der Waals surface area contributed by atoms with Crippen LogP contribution < -0.4 is 5.32 Å². The number of benzene rings is 1. The number of hydrogen-bond acceptors (Lipinski definition) is 3. The van der Waals surface area contributed by atoms with Crippen molar-refractivity contribution in [3.8, 4) is 0 Å². The second kappa shape index (κ2) is 9.39. The lowest BCUT2D eigenvalue weighted by atomic mass is 10.1. The lowest BCUT2D eigenvalue weighted by molar-refractivity contribution is -0.119. The van der Waals surface area contributed by atoms with Gasteiger partial charge in [0.1, 0.15) is 17.4 Å². The van der Waals surface area contributed by atoms with E-state index in [9.17, 15) is 22.4 Å². The molecule has 0 radical (unpaired) electrons. The second-order valence-electron chi connectivity index (χ2n) is 7.24. The molecule has 0 spiro atoms. The Balaban J connectivity index is 1.65. The first-order valence-electron chi connectivity index (χ1n) is 9.63. The van der Waals surface area contributed by atoms with Crippen LogP contribution in [-0.2, 0) is 11.3 Å². The number of aromatic nitrogens is 2. The number of alkyl halides is 4. The lowest BCUT2D eigenvalue weighted by Gasteiger charge is -2.26. The van der Waals surface area contributed by atoms with Crippen molar-refractivity contribution in [3.63, 3.8) is 0 Å². The highest BCUT2D eigenvalue weighted by Crippen LogP contribution is 2.28. The molecule has 1 aromatic heterocycles. The van der Waals surface area contributed by atoms with Crippen LogP contribution in [0.4, 0.5) is 23.2 Å². The zero-order valence-corrected chi connectivity index (χ0v) is 16.1. The number of halogens is 4. The number of anilines is 1. The molecule has 5 nitrogen and oxygen atoms in total. The standard InChI is InChI=1S/C20H24F4N4O/c1-13(28-17(19(23)24)11-16(26-28)18(21)22)20(29)25-15-7-5-14(6-8-15)12-27-9-3-2-4-10-27/h5-8,11,13,18-19H,2-4,9-10,12H2,1H3,(H,25,29). The maximum Gasteiger partial charge on any atom is 0.282 e. The number of piperidine rings is 1. The van der Waals surface area contributed by atoms with Crippen LogP contribution in [-0.4, -0.2) is 33.7 Å². The molecule has 2 aromatic rings. The molecule has 1 aliphatic heterocycles. The van der Waals surface area contributed by atoms with Crippen molar-refractivity contribution in [1.82, 2.24) is 14.7 Å². The first kappa shape index (κ1) is 21.3. The van der Waals surface area contributed by atoms with Crippen molar-refractivity contribution in [2.75, 3.05) is 18.4 Å². The number of likely N-dealkylation sites (tertiary alicyclic amines) is 1. The Hall–Kier alpha value is -2.42. The van der Waals surface area contributed by atoms with E-state index in [-0.39, 0.29) is 0 Å². The minimum Gasteiger partial charge on any atom is -0.324 e. The minimum atomic E-state index is -3.01. The van der Waals surface area contributed by atoms with Gasteiger partial charge in [0, 0.05) is 12.2 Å². The highest BCUT2D eigenvalue weighted by molar-refractivity contribution is 5.93. The van der Waals surface area contributed by atoms with Gasteiger partial charge in [0.05, 0.1) is 0 Å². The van der Waals surface area contributed by atoms with Gasteiger partial charge in [0.15, 0.2) is 0 Å².